The highest BCUT2D eigenvalue weighted by atomic mass is 16.5. The van der Waals surface area contributed by atoms with Crippen molar-refractivity contribution in [1.29, 1.82) is 0 Å². The Kier molecular flexibility index (Phi) is 3.84. The summed E-state index contributed by atoms with van der Waals surface area (Å²) in [7, 11) is 0. The van der Waals surface area contributed by atoms with Crippen LogP contribution < -0.4 is 4.74 Å². The molecule has 0 spiro atoms. The van der Waals surface area contributed by atoms with Gasteiger partial charge in [-0.25, -0.2) is 9.97 Å². The predicted molar refractivity (Wildman–Crippen MR) is 66.2 cm³/mol. The van der Waals surface area contributed by atoms with Gasteiger partial charge in [0.15, 0.2) is 0 Å². The van der Waals surface area contributed by atoms with Crippen LogP contribution in [0.25, 0.3) is 0 Å². The van der Waals surface area contributed by atoms with Crippen LogP contribution >= 0.6 is 0 Å². The summed E-state index contributed by atoms with van der Waals surface area (Å²) in [5.74, 6) is 1.26. The summed E-state index contributed by atoms with van der Waals surface area (Å²) < 4.78 is 5.35. The van der Waals surface area contributed by atoms with Gasteiger partial charge in [0, 0.05) is 18.0 Å². The van der Waals surface area contributed by atoms with E-state index in [-0.39, 0.29) is 0 Å². The quantitative estimate of drug-likeness (QED) is 0.887. The van der Waals surface area contributed by atoms with E-state index in [1.54, 1.807) is 37.6 Å². The van der Waals surface area contributed by atoms with E-state index in [0.29, 0.717) is 29.4 Å². The summed E-state index contributed by atoms with van der Waals surface area (Å²) >= 11 is 0. The third kappa shape index (κ3) is 2.81. The number of aryl methyl sites for hydroxylation is 1. The molecule has 2 aromatic rings. The molecule has 2 rings (SSSR count). The fourth-order valence-corrected chi connectivity index (χ4v) is 1.63. The van der Waals surface area contributed by atoms with Gasteiger partial charge >= 0.3 is 0 Å². The van der Waals surface area contributed by atoms with E-state index in [0.717, 1.165) is 0 Å². The molecule has 5 nitrogen and oxygen atoms in total. The van der Waals surface area contributed by atoms with Crippen LogP contribution in [0.5, 0.6) is 5.75 Å². The highest BCUT2D eigenvalue weighted by Gasteiger charge is 2.13. The average molecular weight is 245 g/mol. The number of hydrogen-bond acceptors (Lipinski definition) is 5. The second kappa shape index (κ2) is 5.55. The molecular formula is C13H15N3O2. The lowest BCUT2D eigenvalue weighted by Gasteiger charge is -2.11. The number of hydrogen-bond donors (Lipinski definition) is 1. The topological polar surface area (TPSA) is 68.1 Å². The van der Waals surface area contributed by atoms with Gasteiger partial charge in [-0.2, -0.15) is 0 Å². The number of aliphatic hydroxyl groups is 1. The zero-order chi connectivity index (χ0) is 13.0. The SMILES string of the molecule is CCOc1cncc(C(O)c2ccnc(C)n2)c1. The van der Waals surface area contributed by atoms with Crippen molar-refractivity contribution in [3.63, 3.8) is 0 Å². The molecule has 2 aromatic heterocycles. The Morgan fingerprint density at radius 1 is 1.39 bits per heavy atom. The minimum absolute atomic E-state index is 0.554. The number of aromatic nitrogens is 3. The molecule has 0 fully saturated rings. The highest BCUT2D eigenvalue weighted by Crippen LogP contribution is 2.22. The summed E-state index contributed by atoms with van der Waals surface area (Å²) in [5.41, 5.74) is 1.21. The van der Waals surface area contributed by atoms with Crippen molar-refractivity contribution in [3.05, 3.63) is 47.8 Å². The van der Waals surface area contributed by atoms with Crippen LogP contribution in [0.4, 0.5) is 0 Å². The van der Waals surface area contributed by atoms with Gasteiger partial charge in [0.05, 0.1) is 18.5 Å². The highest BCUT2D eigenvalue weighted by molar-refractivity contribution is 5.29. The van der Waals surface area contributed by atoms with Crippen molar-refractivity contribution in [2.75, 3.05) is 6.61 Å². The van der Waals surface area contributed by atoms with Crippen LogP contribution in [0.15, 0.2) is 30.7 Å². The Morgan fingerprint density at radius 3 is 2.94 bits per heavy atom. The molecule has 0 amide bonds. The fourth-order valence-electron chi connectivity index (χ4n) is 1.63. The molecule has 0 aliphatic rings. The standard InChI is InChI=1S/C13H15N3O2/c1-3-18-11-6-10(7-14-8-11)13(17)12-4-5-15-9(2)16-12/h4-8,13,17H,3H2,1-2H3. The molecule has 1 unspecified atom stereocenters. The third-order valence-corrected chi connectivity index (χ3v) is 2.44. The molecule has 0 aliphatic heterocycles. The van der Waals surface area contributed by atoms with Gasteiger partial charge in [0.1, 0.15) is 17.7 Å². The van der Waals surface area contributed by atoms with Gasteiger partial charge < -0.3 is 9.84 Å². The zero-order valence-corrected chi connectivity index (χ0v) is 10.4. The molecule has 0 aliphatic carbocycles. The zero-order valence-electron chi connectivity index (χ0n) is 10.4. The number of pyridine rings is 1. The largest absolute Gasteiger partial charge is 0.492 e. The van der Waals surface area contributed by atoms with Crippen molar-refractivity contribution in [1.82, 2.24) is 15.0 Å². The molecule has 0 saturated heterocycles. The van der Waals surface area contributed by atoms with Gasteiger partial charge in [-0.15, -0.1) is 0 Å². The Balaban J connectivity index is 2.27. The smallest absolute Gasteiger partial charge is 0.137 e. The fraction of sp³-hybridized carbons (Fsp3) is 0.308. The maximum absolute atomic E-state index is 10.2. The van der Waals surface area contributed by atoms with Crippen molar-refractivity contribution in [3.8, 4) is 5.75 Å². The van der Waals surface area contributed by atoms with E-state index >= 15 is 0 Å². The summed E-state index contributed by atoms with van der Waals surface area (Å²) in [4.78, 5) is 12.2. The Bertz CT molecular complexity index is 531. The number of rotatable bonds is 4. The van der Waals surface area contributed by atoms with E-state index in [4.69, 9.17) is 4.74 Å². The first-order chi connectivity index (χ1) is 8.70. The molecule has 5 heteroatoms. The van der Waals surface area contributed by atoms with Crippen molar-refractivity contribution in [2.24, 2.45) is 0 Å². The lowest BCUT2D eigenvalue weighted by atomic mass is 10.1. The van der Waals surface area contributed by atoms with E-state index in [1.807, 2.05) is 6.92 Å². The molecular weight excluding hydrogens is 230 g/mol. The molecule has 1 N–H and O–H groups in total. The van der Waals surface area contributed by atoms with Crippen molar-refractivity contribution < 1.29 is 9.84 Å². The summed E-state index contributed by atoms with van der Waals surface area (Å²) in [6.45, 7) is 4.25. The van der Waals surface area contributed by atoms with Gasteiger partial charge in [0.25, 0.3) is 0 Å². The minimum Gasteiger partial charge on any atom is -0.492 e. The van der Waals surface area contributed by atoms with E-state index in [2.05, 4.69) is 15.0 Å². The summed E-state index contributed by atoms with van der Waals surface area (Å²) in [6, 6.07) is 3.45. The second-order valence-electron chi connectivity index (χ2n) is 3.82. The molecule has 0 bridgehead atoms. The Hall–Kier alpha value is -2.01. The Morgan fingerprint density at radius 2 is 2.22 bits per heavy atom. The molecule has 0 radical (unpaired) electrons. The first kappa shape index (κ1) is 12.4. The van der Waals surface area contributed by atoms with Crippen LogP contribution in [-0.2, 0) is 0 Å². The Labute approximate surface area is 106 Å². The molecule has 0 aromatic carbocycles. The molecule has 0 saturated carbocycles. The van der Waals surface area contributed by atoms with Crippen LogP contribution in [0.2, 0.25) is 0 Å². The maximum atomic E-state index is 10.2. The van der Waals surface area contributed by atoms with Crippen LogP contribution in [0.3, 0.4) is 0 Å². The second-order valence-corrected chi connectivity index (χ2v) is 3.82. The molecule has 2 heterocycles. The molecule has 94 valence electrons. The van der Waals surface area contributed by atoms with Gasteiger partial charge in [0.2, 0.25) is 0 Å². The minimum atomic E-state index is -0.820. The third-order valence-electron chi connectivity index (χ3n) is 2.44. The lowest BCUT2D eigenvalue weighted by molar-refractivity contribution is 0.213. The van der Waals surface area contributed by atoms with E-state index in [9.17, 15) is 5.11 Å². The summed E-state index contributed by atoms with van der Waals surface area (Å²) in [6.07, 6.45) is 4.02. The monoisotopic (exact) mass is 245 g/mol. The lowest BCUT2D eigenvalue weighted by Crippen LogP contribution is -2.05. The first-order valence-electron chi connectivity index (χ1n) is 5.76. The number of nitrogens with zero attached hydrogens (tertiary/aromatic N) is 3. The van der Waals surface area contributed by atoms with E-state index in [1.165, 1.54) is 0 Å². The first-order valence-corrected chi connectivity index (χ1v) is 5.76. The van der Waals surface area contributed by atoms with Gasteiger partial charge in [-0.1, -0.05) is 0 Å². The maximum Gasteiger partial charge on any atom is 0.137 e. The van der Waals surface area contributed by atoms with Gasteiger partial charge in [-0.3, -0.25) is 4.98 Å². The van der Waals surface area contributed by atoms with Crippen LogP contribution in [0, 0.1) is 6.92 Å². The van der Waals surface area contributed by atoms with Gasteiger partial charge in [-0.05, 0) is 26.0 Å². The number of ether oxygens (including phenoxy) is 1. The van der Waals surface area contributed by atoms with Crippen molar-refractivity contribution >= 4 is 0 Å². The molecule has 1 atom stereocenters. The van der Waals surface area contributed by atoms with Crippen molar-refractivity contribution in [2.45, 2.75) is 20.0 Å². The van der Waals surface area contributed by atoms with E-state index < -0.39 is 6.10 Å². The average Bonchev–Trinajstić information content (AvgIpc) is 2.39. The molecule has 18 heavy (non-hydrogen) atoms. The normalized spacial score (nSPS) is 12.2. The predicted octanol–water partition coefficient (Wildman–Crippen LogP) is 1.66. The van der Waals surface area contributed by atoms with Crippen LogP contribution in [-0.4, -0.2) is 26.7 Å². The number of aliphatic hydroxyl groups excluding tert-OH is 1. The van der Waals surface area contributed by atoms with Crippen LogP contribution in [0.1, 0.15) is 30.1 Å². The summed E-state index contributed by atoms with van der Waals surface area (Å²) in [5, 5.41) is 10.2.